The number of aliphatic hydroxyl groups is 4. The molecule has 2 saturated carbocycles. The van der Waals surface area contributed by atoms with Crippen LogP contribution in [0.15, 0.2) is 41.5 Å². The summed E-state index contributed by atoms with van der Waals surface area (Å²) in [6.07, 6.45) is -3.51. The van der Waals surface area contributed by atoms with Gasteiger partial charge in [0.2, 0.25) is 5.91 Å². The summed E-state index contributed by atoms with van der Waals surface area (Å²) in [5.74, 6) is -5.20. The lowest BCUT2D eigenvalue weighted by molar-refractivity contribution is -0.347. The van der Waals surface area contributed by atoms with Crippen LogP contribution in [-0.4, -0.2) is 104 Å². The molecule has 2 saturated heterocycles. The number of amides is 1. The van der Waals surface area contributed by atoms with Gasteiger partial charge in [0.25, 0.3) is 0 Å². The van der Waals surface area contributed by atoms with Gasteiger partial charge in [-0.3, -0.25) is 19.2 Å². The second kappa shape index (κ2) is 16.5. The van der Waals surface area contributed by atoms with E-state index in [0.29, 0.717) is 18.4 Å². The molecule has 0 unspecified atom stereocenters. The molecule has 11 atom stereocenters. The van der Waals surface area contributed by atoms with Crippen molar-refractivity contribution in [1.29, 1.82) is 0 Å². The van der Waals surface area contributed by atoms with Crippen molar-refractivity contribution in [1.82, 2.24) is 5.32 Å². The summed E-state index contributed by atoms with van der Waals surface area (Å²) in [5.41, 5.74) is -6.75. The number of hydrogen-bond donors (Lipinski definition) is 5. The summed E-state index contributed by atoms with van der Waals surface area (Å²) in [6, 6.07) is 7.30. The number of ketones is 1. The Balaban J connectivity index is 1.49. The number of benzene rings is 1. The summed E-state index contributed by atoms with van der Waals surface area (Å²) < 4.78 is 24.2. The zero-order valence-electron chi connectivity index (χ0n) is 33.7. The number of fused-ring (bicyclic) bond motifs is 6. The Hall–Kier alpha value is -3.69. The smallest absolute Gasteiger partial charge is 0.338 e. The van der Waals surface area contributed by atoms with Gasteiger partial charge in [-0.25, -0.2) is 4.79 Å². The standard InChI is InChI=1S/C43H59NO13/c1-24-27-22-43(53)38(36-41(5,37(51)34(49)32(24)40(43,3)4)28(46)21-29-42(36,23-54-29)57-25(2)45)56-31(48)20-16-11-9-7-6-8-10-15-19-30(47)44-33(35(50)39(52)55-27)26-17-13-12-14-18-26/h12-14,17-18,27-29,33-36,38,46,49-50,53H,6-11,15-16,19-23H2,1-5H3,(H,44,47)/t27-,28-,29-,33-,34-,35-,36-,38-,41+,42-,43+/m0/s1. The van der Waals surface area contributed by atoms with Gasteiger partial charge in [-0.15, -0.1) is 0 Å². The minimum Gasteiger partial charge on any atom is -0.459 e. The molecule has 57 heavy (non-hydrogen) atoms. The van der Waals surface area contributed by atoms with Gasteiger partial charge in [0.1, 0.15) is 30.0 Å². The first-order valence-corrected chi connectivity index (χ1v) is 20.5. The molecule has 3 aliphatic carbocycles. The maximum absolute atomic E-state index is 14.9. The first-order chi connectivity index (χ1) is 26.9. The van der Waals surface area contributed by atoms with Gasteiger partial charge in [0, 0.05) is 38.0 Å². The molecule has 1 aromatic carbocycles. The van der Waals surface area contributed by atoms with Crippen molar-refractivity contribution >= 4 is 29.6 Å². The molecule has 4 fully saturated rings. The van der Waals surface area contributed by atoms with Crippen LogP contribution in [-0.2, 0) is 42.9 Å². The molecule has 14 heteroatoms. The first-order valence-electron chi connectivity index (χ1n) is 20.5. The monoisotopic (exact) mass is 797 g/mol. The quantitative estimate of drug-likeness (QED) is 0.165. The van der Waals surface area contributed by atoms with Crippen molar-refractivity contribution in [3.8, 4) is 0 Å². The number of carbonyl (C=O) groups excluding carboxylic acids is 5. The molecule has 0 aromatic heterocycles. The molecule has 314 valence electrons. The zero-order chi connectivity index (χ0) is 41.5. The topological polar surface area (TPSA) is 215 Å². The molecule has 1 aromatic rings. The van der Waals surface area contributed by atoms with Gasteiger partial charge in [0.15, 0.2) is 17.5 Å². The Labute approximate surface area is 333 Å². The molecule has 2 aliphatic heterocycles. The van der Waals surface area contributed by atoms with Crippen LogP contribution < -0.4 is 5.32 Å². The third kappa shape index (κ3) is 7.56. The SMILES string of the molecule is CC(=O)O[C@@]12CO[C@H]1C[C@H](O)[C@@]1(C)C(=O)[C@@H](O)C3=C(C)[C@@H]4C[C@@](O)([C@@H](OC(=O)CCCCCCCCCCC(=O)N[C@@H](c5ccccc5)[C@H](O)C(=O)O4)[C@H]21)C3(C)C. The molecule has 3 bridgehead atoms. The van der Waals surface area contributed by atoms with Crippen molar-refractivity contribution in [2.75, 3.05) is 6.61 Å². The molecule has 6 rings (SSSR count). The van der Waals surface area contributed by atoms with E-state index >= 15 is 0 Å². The average Bonchev–Trinajstić information content (AvgIpc) is 3.15. The van der Waals surface area contributed by atoms with Crippen LogP contribution in [0.1, 0.15) is 123 Å². The fourth-order valence-electron chi connectivity index (χ4n) is 10.4. The van der Waals surface area contributed by atoms with E-state index in [-0.39, 0.29) is 42.9 Å². The van der Waals surface area contributed by atoms with Crippen molar-refractivity contribution in [2.45, 2.75) is 166 Å². The number of rotatable bonds is 2. The van der Waals surface area contributed by atoms with E-state index in [0.717, 1.165) is 38.5 Å². The van der Waals surface area contributed by atoms with Crippen molar-refractivity contribution in [3.63, 3.8) is 0 Å². The lowest BCUT2D eigenvalue weighted by Gasteiger charge is -2.67. The summed E-state index contributed by atoms with van der Waals surface area (Å²) in [5, 5.41) is 51.8. The van der Waals surface area contributed by atoms with Gasteiger partial charge in [-0.05, 0) is 43.4 Å². The molecule has 5 N–H and O–H groups in total. The van der Waals surface area contributed by atoms with Crippen molar-refractivity contribution in [2.24, 2.45) is 16.7 Å². The number of Topliss-reactive ketones (excluding diaryl/α,β-unsaturated/α-hetero) is 1. The van der Waals surface area contributed by atoms with E-state index in [1.54, 1.807) is 51.1 Å². The maximum atomic E-state index is 14.9. The Bertz CT molecular complexity index is 1740. The third-order valence-corrected chi connectivity index (χ3v) is 13.8. The number of hydrogen-bond acceptors (Lipinski definition) is 13. The molecular formula is C43H59NO13. The number of carbonyl (C=O) groups is 5. The summed E-state index contributed by atoms with van der Waals surface area (Å²) >= 11 is 0. The van der Waals surface area contributed by atoms with E-state index in [1.807, 2.05) is 0 Å². The van der Waals surface area contributed by atoms with Gasteiger partial charge in [-0.2, -0.15) is 0 Å². The molecule has 5 aliphatic rings. The largest absolute Gasteiger partial charge is 0.459 e. The molecule has 14 nitrogen and oxygen atoms in total. The molecule has 1 amide bonds. The highest BCUT2D eigenvalue weighted by molar-refractivity contribution is 5.93. The molecule has 2 heterocycles. The molecule has 0 spiro atoms. The van der Waals surface area contributed by atoms with E-state index < -0.39 is 101 Å². The second-order valence-electron chi connectivity index (χ2n) is 17.5. The Morgan fingerprint density at radius 3 is 2.09 bits per heavy atom. The fourth-order valence-corrected chi connectivity index (χ4v) is 10.4. The van der Waals surface area contributed by atoms with Crippen LogP contribution in [0, 0.1) is 16.7 Å². The first kappa shape index (κ1) is 42.9. The summed E-state index contributed by atoms with van der Waals surface area (Å²) in [6.45, 7) is 7.12. The van der Waals surface area contributed by atoms with E-state index in [9.17, 15) is 44.4 Å². The van der Waals surface area contributed by atoms with Crippen LogP contribution in [0.4, 0.5) is 0 Å². The van der Waals surface area contributed by atoms with Gasteiger partial charge in [-0.1, -0.05) is 82.7 Å². The number of aliphatic hydroxyl groups excluding tert-OH is 3. The maximum Gasteiger partial charge on any atom is 0.338 e. The highest BCUT2D eigenvalue weighted by Crippen LogP contribution is 2.64. The highest BCUT2D eigenvalue weighted by Gasteiger charge is 2.78. The Kier molecular flexibility index (Phi) is 12.4. The zero-order valence-corrected chi connectivity index (χ0v) is 33.7. The average molecular weight is 798 g/mol. The summed E-state index contributed by atoms with van der Waals surface area (Å²) in [7, 11) is 0. The number of ether oxygens (including phenoxy) is 4. The number of esters is 3. The van der Waals surface area contributed by atoms with Gasteiger partial charge in [0.05, 0.1) is 30.1 Å². The molecular weight excluding hydrogens is 738 g/mol. The van der Waals surface area contributed by atoms with E-state index in [4.69, 9.17) is 18.9 Å². The molecule has 0 radical (unpaired) electrons. The van der Waals surface area contributed by atoms with E-state index in [1.165, 1.54) is 13.8 Å². The highest BCUT2D eigenvalue weighted by atomic mass is 16.6. The van der Waals surface area contributed by atoms with Crippen molar-refractivity contribution < 1.29 is 63.3 Å². The predicted octanol–water partition coefficient (Wildman–Crippen LogP) is 3.45. The van der Waals surface area contributed by atoms with Crippen LogP contribution in [0.5, 0.6) is 0 Å². The van der Waals surface area contributed by atoms with E-state index in [2.05, 4.69) is 5.32 Å². The minimum atomic E-state index is -2.25. The third-order valence-electron chi connectivity index (χ3n) is 13.8. The fraction of sp³-hybridized carbons (Fsp3) is 0.698. The normalized spacial score (nSPS) is 39.6. The van der Waals surface area contributed by atoms with Crippen molar-refractivity contribution in [3.05, 3.63) is 47.0 Å². The lowest BCUT2D eigenvalue weighted by Crippen LogP contribution is -2.81. The van der Waals surface area contributed by atoms with Gasteiger partial charge < -0.3 is 44.7 Å². The van der Waals surface area contributed by atoms with Gasteiger partial charge >= 0.3 is 17.9 Å². The Morgan fingerprint density at radius 1 is 0.877 bits per heavy atom. The number of nitrogens with one attached hydrogen (secondary N) is 1. The van der Waals surface area contributed by atoms with Crippen LogP contribution in [0.25, 0.3) is 0 Å². The second-order valence-corrected chi connectivity index (χ2v) is 17.5. The van der Waals surface area contributed by atoms with Crippen LogP contribution in [0.3, 0.4) is 0 Å². The minimum absolute atomic E-state index is 0.00245. The Morgan fingerprint density at radius 2 is 1.49 bits per heavy atom. The van der Waals surface area contributed by atoms with Crippen LogP contribution in [0.2, 0.25) is 0 Å². The predicted molar refractivity (Wildman–Crippen MR) is 203 cm³/mol. The lowest BCUT2D eigenvalue weighted by atomic mass is 9.44. The van der Waals surface area contributed by atoms with Crippen LogP contribution >= 0.6 is 0 Å². The summed E-state index contributed by atoms with van der Waals surface area (Å²) in [4.78, 5) is 69.0.